The minimum absolute atomic E-state index is 0. The Morgan fingerprint density at radius 3 is 2.59 bits per heavy atom. The van der Waals surface area contributed by atoms with Crippen molar-refractivity contribution in [3.8, 4) is 11.3 Å². The van der Waals surface area contributed by atoms with Crippen LogP contribution in [-0.2, 0) is 20.1 Å². The molecule has 0 aliphatic carbocycles. The van der Waals surface area contributed by atoms with Crippen LogP contribution in [-0.4, -0.2) is 9.97 Å². The van der Waals surface area contributed by atoms with Gasteiger partial charge in [-0.1, -0.05) is 23.3 Å². The summed E-state index contributed by atoms with van der Waals surface area (Å²) in [5.41, 5.74) is 1.43. The number of aromatic nitrogens is 2. The van der Waals surface area contributed by atoms with Crippen molar-refractivity contribution < 1.29 is 28.9 Å². The molecule has 0 atom stereocenters. The van der Waals surface area contributed by atoms with E-state index in [0.29, 0.717) is 5.69 Å². The maximum absolute atomic E-state index is 13.2. The molecule has 0 aliphatic rings. The summed E-state index contributed by atoms with van der Waals surface area (Å²) in [6.45, 7) is 1.86. The molecule has 0 saturated heterocycles. The van der Waals surface area contributed by atoms with Crippen LogP contribution >= 0.6 is 0 Å². The minimum Gasteiger partial charge on any atom is -0.358 e. The molecule has 1 radical (unpaired) electrons. The van der Waals surface area contributed by atoms with E-state index in [9.17, 15) is 8.78 Å². The molecule has 0 unspecified atom stereocenters. The van der Waals surface area contributed by atoms with Crippen molar-refractivity contribution in [2.45, 2.75) is 6.92 Å². The van der Waals surface area contributed by atoms with Crippen molar-refractivity contribution in [1.29, 1.82) is 0 Å². The number of aryl methyl sites for hydroxylation is 1. The van der Waals surface area contributed by atoms with Gasteiger partial charge < -0.3 is 12.4 Å². The summed E-state index contributed by atoms with van der Waals surface area (Å²) in [7, 11) is 0. The summed E-state index contributed by atoms with van der Waals surface area (Å²) in [6.07, 6.45) is 1.56. The van der Waals surface area contributed by atoms with Crippen LogP contribution in [0.5, 0.6) is 0 Å². The minimum atomic E-state index is -0.895. The fourth-order valence-corrected chi connectivity index (χ4v) is 1.23. The van der Waals surface area contributed by atoms with E-state index < -0.39 is 11.9 Å². The van der Waals surface area contributed by atoms with Crippen molar-refractivity contribution >= 4 is 0 Å². The van der Waals surface area contributed by atoms with Gasteiger partial charge >= 0.3 is 0 Å². The Morgan fingerprint density at radius 2 is 2.00 bits per heavy atom. The summed E-state index contributed by atoms with van der Waals surface area (Å²) >= 11 is 0. The van der Waals surface area contributed by atoms with Crippen molar-refractivity contribution in [3.05, 3.63) is 55.3 Å². The molecular weight excluding hydrogens is 402 g/mol. The van der Waals surface area contributed by atoms with Crippen LogP contribution in [0, 0.1) is 32.3 Å². The second-order valence-corrected chi connectivity index (χ2v) is 3.11. The first-order valence-corrected chi connectivity index (χ1v) is 4.33. The van der Waals surface area contributed by atoms with Crippen molar-refractivity contribution in [3.63, 3.8) is 0 Å². The topological polar surface area (TPSA) is 25.8 Å². The molecule has 0 aliphatic heterocycles. The van der Waals surface area contributed by atoms with Crippen molar-refractivity contribution in [2.75, 3.05) is 0 Å². The molecule has 2 aromatic heterocycles. The van der Waals surface area contributed by atoms with Gasteiger partial charge in [0.2, 0.25) is 0 Å². The Labute approximate surface area is 112 Å². The van der Waals surface area contributed by atoms with E-state index in [2.05, 4.69) is 16.0 Å². The first-order valence-electron chi connectivity index (χ1n) is 4.33. The monoisotopic (exact) mass is 413 g/mol. The van der Waals surface area contributed by atoms with Gasteiger partial charge in [-0.05, 0) is 18.7 Å². The van der Waals surface area contributed by atoms with Crippen LogP contribution < -0.4 is 0 Å². The summed E-state index contributed by atoms with van der Waals surface area (Å²) in [5.74, 6) is -1.78. The summed E-state index contributed by atoms with van der Waals surface area (Å²) in [5, 5.41) is 0. The van der Waals surface area contributed by atoms with E-state index in [1.165, 1.54) is 0 Å². The average Bonchev–Trinajstić information content (AvgIpc) is 2.17. The SMILES string of the molecule is Cc1ccnc(-c2[c-]cc(F)nc2F)c1.[CH3-].[Ir]. The molecule has 0 fully saturated rings. The van der Waals surface area contributed by atoms with E-state index >= 15 is 0 Å². The Kier molecular flexibility index (Phi) is 6.06. The molecule has 0 N–H and O–H groups in total. The second kappa shape index (κ2) is 6.52. The molecule has 0 amide bonds. The Bertz CT molecular complexity index is 504. The van der Waals surface area contributed by atoms with Crippen LogP contribution in [0.25, 0.3) is 11.3 Å². The fraction of sp³-hybridized carbons (Fsp3) is 0.0833. The molecule has 0 aromatic carbocycles. The molecule has 2 aromatic rings. The van der Waals surface area contributed by atoms with Crippen molar-refractivity contribution in [1.82, 2.24) is 9.97 Å². The van der Waals surface area contributed by atoms with E-state index in [4.69, 9.17) is 0 Å². The maximum Gasteiger partial charge on any atom is 0.128 e. The predicted molar refractivity (Wildman–Crippen MR) is 57.4 cm³/mol. The van der Waals surface area contributed by atoms with Crippen LogP contribution in [0.3, 0.4) is 0 Å². The van der Waals surface area contributed by atoms with Gasteiger partial charge in [0.15, 0.2) is 0 Å². The van der Waals surface area contributed by atoms with Gasteiger partial charge in [-0.15, -0.1) is 6.07 Å². The van der Waals surface area contributed by atoms with Crippen LogP contribution in [0.15, 0.2) is 24.4 Å². The van der Waals surface area contributed by atoms with Gasteiger partial charge in [-0.3, -0.25) is 4.98 Å². The molecule has 2 nitrogen and oxygen atoms in total. The van der Waals surface area contributed by atoms with E-state index in [1.54, 1.807) is 18.3 Å². The van der Waals surface area contributed by atoms with Gasteiger partial charge in [0, 0.05) is 26.3 Å². The Hall–Kier alpha value is -1.19. The number of hydrogen-bond donors (Lipinski definition) is 0. The Morgan fingerprint density at radius 1 is 1.29 bits per heavy atom. The summed E-state index contributed by atoms with van der Waals surface area (Å²) in [6, 6.07) is 6.94. The first kappa shape index (κ1) is 15.8. The zero-order chi connectivity index (χ0) is 10.8. The molecule has 0 saturated carbocycles. The molecule has 2 heterocycles. The average molecular weight is 412 g/mol. The molecule has 0 spiro atoms. The van der Waals surface area contributed by atoms with E-state index in [1.807, 2.05) is 6.92 Å². The van der Waals surface area contributed by atoms with Gasteiger partial charge in [-0.25, -0.2) is 8.78 Å². The molecule has 2 rings (SSSR count). The van der Waals surface area contributed by atoms with E-state index in [0.717, 1.165) is 11.6 Å². The number of rotatable bonds is 1. The van der Waals surface area contributed by atoms with Crippen LogP contribution in [0.1, 0.15) is 5.56 Å². The number of halogens is 2. The predicted octanol–water partition coefficient (Wildman–Crippen LogP) is 2.98. The van der Waals surface area contributed by atoms with Gasteiger partial charge in [0.05, 0.1) is 0 Å². The zero-order valence-corrected chi connectivity index (χ0v) is 11.7. The standard InChI is InChI=1S/C11H7F2N2.CH3.Ir/c1-7-4-5-14-9(6-7)8-2-3-10(12)15-11(8)13;;/h3-6H,1H3;1H3;/q2*-1;. The van der Waals surface area contributed by atoms with Gasteiger partial charge in [0.1, 0.15) is 11.9 Å². The zero-order valence-electron chi connectivity index (χ0n) is 9.29. The molecule has 5 heteroatoms. The quantitative estimate of drug-likeness (QED) is 0.532. The smallest absolute Gasteiger partial charge is 0.128 e. The van der Waals surface area contributed by atoms with Crippen LogP contribution in [0.4, 0.5) is 8.78 Å². The molecule has 0 bridgehead atoms. The summed E-state index contributed by atoms with van der Waals surface area (Å²) in [4.78, 5) is 7.04. The van der Waals surface area contributed by atoms with Gasteiger partial charge in [0.25, 0.3) is 0 Å². The Balaban J connectivity index is 0.00000128. The van der Waals surface area contributed by atoms with Crippen molar-refractivity contribution in [2.24, 2.45) is 0 Å². The third-order valence-corrected chi connectivity index (χ3v) is 1.92. The molecule has 17 heavy (non-hydrogen) atoms. The van der Waals surface area contributed by atoms with Crippen LogP contribution in [0.2, 0.25) is 0 Å². The second-order valence-electron chi connectivity index (χ2n) is 3.11. The third-order valence-electron chi connectivity index (χ3n) is 1.92. The fourth-order valence-electron chi connectivity index (χ4n) is 1.23. The normalized spacial score (nSPS) is 9.12. The summed E-state index contributed by atoms with van der Waals surface area (Å²) < 4.78 is 25.8. The first-order chi connectivity index (χ1) is 7.16. The number of hydrogen-bond acceptors (Lipinski definition) is 2. The largest absolute Gasteiger partial charge is 0.358 e. The number of nitrogens with zero attached hydrogens (tertiary/aromatic N) is 2. The van der Waals surface area contributed by atoms with E-state index in [-0.39, 0.29) is 33.1 Å². The molecular formula is C12H10F2IrN2-2. The van der Waals surface area contributed by atoms with Gasteiger partial charge in [-0.2, -0.15) is 0 Å². The third kappa shape index (κ3) is 3.65. The maximum atomic E-state index is 13.2. The number of pyridine rings is 2. The molecule has 93 valence electrons.